The highest BCUT2D eigenvalue weighted by molar-refractivity contribution is 6.30. The Morgan fingerprint density at radius 2 is 1.77 bits per heavy atom. The highest BCUT2D eigenvalue weighted by Crippen LogP contribution is 2.15. The molecule has 1 amide bonds. The van der Waals surface area contributed by atoms with Crippen LogP contribution in [0.5, 0.6) is 11.5 Å². The second-order valence-corrected chi connectivity index (χ2v) is 5.50. The first kappa shape index (κ1) is 19.5. The van der Waals surface area contributed by atoms with Gasteiger partial charge in [0.25, 0.3) is 5.91 Å². The quantitative estimate of drug-likeness (QED) is 0.534. The second-order valence-electron chi connectivity index (χ2n) is 5.06. The molecular formula is C18H17ClFNO5. The third-order valence-corrected chi connectivity index (χ3v) is 3.28. The van der Waals surface area contributed by atoms with Gasteiger partial charge in [-0.1, -0.05) is 17.7 Å². The van der Waals surface area contributed by atoms with Gasteiger partial charge in [-0.05, 0) is 36.4 Å². The number of nitrogens with one attached hydrogen (secondary N) is 1. The van der Waals surface area contributed by atoms with Crippen molar-refractivity contribution in [3.63, 3.8) is 0 Å². The van der Waals surface area contributed by atoms with Crippen molar-refractivity contribution in [3.8, 4) is 11.5 Å². The Hall–Kier alpha value is -2.80. The molecule has 0 spiro atoms. The molecule has 8 heteroatoms. The van der Waals surface area contributed by atoms with Crippen LogP contribution in [0.2, 0.25) is 5.02 Å². The van der Waals surface area contributed by atoms with Crippen molar-refractivity contribution in [2.45, 2.75) is 0 Å². The number of rotatable bonds is 9. The number of carbonyl (C=O) groups excluding carboxylic acids is 2. The minimum absolute atomic E-state index is 0.200. The second kappa shape index (κ2) is 10.2. The average molecular weight is 382 g/mol. The Balaban J connectivity index is 1.56. The van der Waals surface area contributed by atoms with Gasteiger partial charge in [0.2, 0.25) is 0 Å². The maximum Gasteiger partial charge on any atom is 0.344 e. The molecule has 0 aliphatic heterocycles. The zero-order valence-corrected chi connectivity index (χ0v) is 14.5. The van der Waals surface area contributed by atoms with Gasteiger partial charge in [0, 0.05) is 11.1 Å². The molecule has 2 aromatic rings. The number of halogens is 2. The zero-order valence-electron chi connectivity index (χ0n) is 13.7. The fourth-order valence-electron chi connectivity index (χ4n) is 1.83. The van der Waals surface area contributed by atoms with Crippen LogP contribution in [0.4, 0.5) is 4.39 Å². The number of carbonyl (C=O) groups is 2. The molecule has 6 nitrogen and oxygen atoms in total. The molecule has 1 N–H and O–H groups in total. The summed E-state index contributed by atoms with van der Waals surface area (Å²) in [7, 11) is 0. The number of hydrogen-bond donors (Lipinski definition) is 1. The number of benzene rings is 2. The van der Waals surface area contributed by atoms with Gasteiger partial charge < -0.3 is 19.5 Å². The van der Waals surface area contributed by atoms with E-state index in [1.165, 1.54) is 18.2 Å². The molecule has 0 aliphatic carbocycles. The van der Waals surface area contributed by atoms with E-state index in [4.69, 9.17) is 25.8 Å². The van der Waals surface area contributed by atoms with E-state index in [9.17, 15) is 14.0 Å². The van der Waals surface area contributed by atoms with E-state index >= 15 is 0 Å². The Labute approximate surface area is 154 Å². The van der Waals surface area contributed by atoms with E-state index in [-0.39, 0.29) is 18.9 Å². The average Bonchev–Trinajstić information content (AvgIpc) is 2.63. The van der Waals surface area contributed by atoms with Crippen molar-refractivity contribution >= 4 is 23.5 Å². The van der Waals surface area contributed by atoms with E-state index in [2.05, 4.69) is 5.32 Å². The molecule has 0 aromatic heterocycles. The lowest BCUT2D eigenvalue weighted by Gasteiger charge is -2.09. The third-order valence-electron chi connectivity index (χ3n) is 3.02. The SMILES string of the molecule is O=C(COC(=O)COc1cccc(F)c1)NCCOc1ccc(Cl)cc1. The van der Waals surface area contributed by atoms with E-state index in [0.717, 1.165) is 6.07 Å². The van der Waals surface area contributed by atoms with E-state index in [1.54, 1.807) is 24.3 Å². The normalized spacial score (nSPS) is 10.1. The molecule has 26 heavy (non-hydrogen) atoms. The molecule has 0 radical (unpaired) electrons. The predicted octanol–water partition coefficient (Wildman–Crippen LogP) is 2.60. The molecular weight excluding hydrogens is 365 g/mol. The molecule has 0 saturated carbocycles. The lowest BCUT2D eigenvalue weighted by molar-refractivity contribution is -0.150. The number of esters is 1. The van der Waals surface area contributed by atoms with E-state index < -0.39 is 30.9 Å². The predicted molar refractivity (Wildman–Crippen MR) is 92.8 cm³/mol. The highest BCUT2D eigenvalue weighted by Gasteiger charge is 2.08. The Morgan fingerprint density at radius 1 is 1.00 bits per heavy atom. The first-order chi connectivity index (χ1) is 12.5. The first-order valence-corrected chi connectivity index (χ1v) is 8.10. The molecule has 0 heterocycles. The van der Waals surface area contributed by atoms with Crippen molar-refractivity contribution in [2.24, 2.45) is 0 Å². The number of hydrogen-bond acceptors (Lipinski definition) is 5. The number of ether oxygens (including phenoxy) is 3. The standard InChI is InChI=1S/C18H17ClFNO5/c19-13-4-6-15(7-5-13)24-9-8-21-17(22)11-26-18(23)12-25-16-3-1-2-14(20)10-16/h1-7,10H,8-9,11-12H2,(H,21,22). The number of amides is 1. The van der Waals surface area contributed by atoms with Crippen molar-refractivity contribution in [2.75, 3.05) is 26.4 Å². The van der Waals surface area contributed by atoms with Gasteiger partial charge in [-0.2, -0.15) is 0 Å². The van der Waals surface area contributed by atoms with E-state index in [0.29, 0.717) is 10.8 Å². The topological polar surface area (TPSA) is 73.9 Å². The molecule has 0 saturated heterocycles. The molecule has 0 fully saturated rings. The molecule has 2 aromatic carbocycles. The lowest BCUT2D eigenvalue weighted by atomic mass is 10.3. The molecule has 0 unspecified atom stereocenters. The van der Waals surface area contributed by atoms with Gasteiger partial charge >= 0.3 is 5.97 Å². The van der Waals surface area contributed by atoms with Crippen LogP contribution in [0.25, 0.3) is 0 Å². The summed E-state index contributed by atoms with van der Waals surface area (Å²) in [5.74, 6) is -0.850. The van der Waals surface area contributed by atoms with Crippen LogP contribution in [0.3, 0.4) is 0 Å². The zero-order chi connectivity index (χ0) is 18.8. The Kier molecular flexibility index (Phi) is 7.70. The van der Waals surface area contributed by atoms with Crippen LogP contribution in [0.1, 0.15) is 0 Å². The van der Waals surface area contributed by atoms with Gasteiger partial charge in [0.15, 0.2) is 13.2 Å². The van der Waals surface area contributed by atoms with Gasteiger partial charge in [-0.15, -0.1) is 0 Å². The summed E-state index contributed by atoms with van der Waals surface area (Å²) in [5, 5.41) is 3.15. The summed E-state index contributed by atoms with van der Waals surface area (Å²) in [6.45, 7) is -0.356. The van der Waals surface area contributed by atoms with Gasteiger partial charge in [0.05, 0.1) is 6.54 Å². The maximum absolute atomic E-state index is 13.0. The van der Waals surface area contributed by atoms with Crippen LogP contribution < -0.4 is 14.8 Å². The summed E-state index contributed by atoms with van der Waals surface area (Å²) < 4.78 is 28.2. The van der Waals surface area contributed by atoms with E-state index in [1.807, 2.05) is 0 Å². The van der Waals surface area contributed by atoms with Crippen molar-refractivity contribution in [3.05, 3.63) is 59.4 Å². The molecule has 2 rings (SSSR count). The van der Waals surface area contributed by atoms with Gasteiger partial charge in [0.1, 0.15) is 23.9 Å². The minimum atomic E-state index is -0.734. The van der Waals surface area contributed by atoms with Crippen molar-refractivity contribution < 1.29 is 28.2 Å². The summed E-state index contributed by atoms with van der Waals surface area (Å²) in [6, 6.07) is 12.2. The van der Waals surface area contributed by atoms with Crippen molar-refractivity contribution in [1.82, 2.24) is 5.32 Å². The smallest absolute Gasteiger partial charge is 0.344 e. The Bertz CT molecular complexity index is 739. The Morgan fingerprint density at radius 3 is 2.50 bits per heavy atom. The van der Waals surface area contributed by atoms with Crippen LogP contribution in [0, 0.1) is 5.82 Å². The summed E-state index contributed by atoms with van der Waals surface area (Å²) >= 11 is 5.76. The monoisotopic (exact) mass is 381 g/mol. The van der Waals surface area contributed by atoms with Crippen LogP contribution in [-0.4, -0.2) is 38.2 Å². The maximum atomic E-state index is 13.0. The molecule has 0 aliphatic rings. The lowest BCUT2D eigenvalue weighted by Crippen LogP contribution is -2.32. The van der Waals surface area contributed by atoms with Crippen molar-refractivity contribution in [1.29, 1.82) is 0 Å². The summed E-state index contributed by atoms with van der Waals surface area (Å²) in [5.41, 5.74) is 0. The van der Waals surface area contributed by atoms with Crippen LogP contribution in [-0.2, 0) is 14.3 Å². The fourth-order valence-corrected chi connectivity index (χ4v) is 1.95. The molecule has 0 bridgehead atoms. The fraction of sp³-hybridized carbons (Fsp3) is 0.222. The minimum Gasteiger partial charge on any atom is -0.492 e. The molecule has 0 atom stereocenters. The van der Waals surface area contributed by atoms with Gasteiger partial charge in [-0.25, -0.2) is 9.18 Å². The third kappa shape index (κ3) is 7.40. The highest BCUT2D eigenvalue weighted by atomic mass is 35.5. The summed E-state index contributed by atoms with van der Waals surface area (Å²) in [6.07, 6.45) is 0. The van der Waals surface area contributed by atoms with Crippen LogP contribution in [0.15, 0.2) is 48.5 Å². The summed E-state index contributed by atoms with van der Waals surface area (Å²) in [4.78, 5) is 23.1. The van der Waals surface area contributed by atoms with Crippen LogP contribution >= 0.6 is 11.6 Å². The largest absolute Gasteiger partial charge is 0.492 e. The van der Waals surface area contributed by atoms with Gasteiger partial charge in [-0.3, -0.25) is 4.79 Å². The first-order valence-electron chi connectivity index (χ1n) is 7.72. The molecule has 138 valence electrons.